The highest BCUT2D eigenvalue weighted by Crippen LogP contribution is 2.60. The maximum Gasteiger partial charge on any atom is 0.337 e. The van der Waals surface area contributed by atoms with E-state index in [2.05, 4.69) is 5.32 Å². The molecule has 8 rings (SSSR count). The minimum atomic E-state index is -1.92. The summed E-state index contributed by atoms with van der Waals surface area (Å²) in [5.74, 6) is -0.435. The molecule has 1 atom stereocenters. The van der Waals surface area contributed by atoms with Crippen molar-refractivity contribution in [3.63, 3.8) is 0 Å². The first-order valence-electron chi connectivity index (χ1n) is 15.7. The summed E-state index contributed by atoms with van der Waals surface area (Å²) >= 11 is 0. The predicted molar refractivity (Wildman–Crippen MR) is 182 cm³/mol. The van der Waals surface area contributed by atoms with E-state index in [1.165, 1.54) is 4.90 Å². The number of nitrogens with zero attached hydrogens (tertiary/aromatic N) is 3. The minimum Gasteiger partial charge on any atom is -0.497 e. The average Bonchev–Trinajstić information content (AvgIpc) is 3.71. The lowest BCUT2D eigenvalue weighted by molar-refractivity contribution is -0.140. The average molecular weight is 635 g/mol. The van der Waals surface area contributed by atoms with Gasteiger partial charge >= 0.3 is 5.97 Å². The highest BCUT2D eigenvalue weighted by Gasteiger charge is 2.66. The van der Waals surface area contributed by atoms with Crippen LogP contribution in [0.1, 0.15) is 39.7 Å². The van der Waals surface area contributed by atoms with Crippen molar-refractivity contribution in [1.29, 1.82) is 0 Å². The van der Waals surface area contributed by atoms with Crippen molar-refractivity contribution in [3.8, 4) is 11.4 Å². The Balaban J connectivity index is 1.54. The van der Waals surface area contributed by atoms with Gasteiger partial charge in [0.1, 0.15) is 17.0 Å². The van der Waals surface area contributed by atoms with Gasteiger partial charge in [-0.3, -0.25) is 14.5 Å². The van der Waals surface area contributed by atoms with E-state index in [-0.39, 0.29) is 23.5 Å². The van der Waals surface area contributed by atoms with Crippen molar-refractivity contribution >= 4 is 40.6 Å². The smallest absolute Gasteiger partial charge is 0.337 e. The number of anilines is 2. The van der Waals surface area contributed by atoms with Gasteiger partial charge in [-0.2, -0.15) is 5.10 Å². The van der Waals surface area contributed by atoms with Crippen molar-refractivity contribution in [2.75, 3.05) is 23.9 Å². The highest BCUT2D eigenvalue weighted by atomic mass is 16.5. The summed E-state index contributed by atoms with van der Waals surface area (Å²) in [5.41, 5.74) is 2.94. The number of para-hydroxylation sites is 1. The Morgan fingerprint density at radius 1 is 0.833 bits per heavy atom. The lowest BCUT2D eigenvalue weighted by Gasteiger charge is -2.36. The van der Waals surface area contributed by atoms with Crippen molar-refractivity contribution in [2.45, 2.75) is 19.3 Å². The molecular formula is C39H30N4O5. The van der Waals surface area contributed by atoms with Gasteiger partial charge in [-0.25, -0.2) is 9.48 Å². The third-order valence-electron chi connectivity index (χ3n) is 9.19. The summed E-state index contributed by atoms with van der Waals surface area (Å²) in [7, 11) is 1.57. The van der Waals surface area contributed by atoms with E-state index in [0.717, 1.165) is 5.69 Å². The number of benzene rings is 4. The Bertz CT molecular complexity index is 2220. The molecule has 2 aliphatic heterocycles. The molecule has 3 heterocycles. The number of methoxy groups -OCH3 is 1. The number of fused-ring (bicyclic) bond motifs is 5. The van der Waals surface area contributed by atoms with Gasteiger partial charge in [-0.15, -0.1) is 0 Å². The summed E-state index contributed by atoms with van der Waals surface area (Å²) in [5, 5.41) is 8.45. The SMILES string of the molecule is CCOC(=O)C1=C(c2ccccc2)N(c2ccc(OC)cc2)C(=O)C12C1=C(Nc3c2c(C)nn3-c2ccccc2)c2ccccc2C1=O. The third kappa shape index (κ3) is 3.90. The van der Waals surface area contributed by atoms with Crippen LogP contribution in [0.5, 0.6) is 5.75 Å². The van der Waals surface area contributed by atoms with Crippen molar-refractivity contribution < 1.29 is 23.9 Å². The predicted octanol–water partition coefficient (Wildman–Crippen LogP) is 6.48. The number of Topliss-reactive ketones (excluding diaryl/α,β-unsaturated/α-hetero) is 1. The molecule has 1 amide bonds. The molecule has 0 radical (unpaired) electrons. The van der Waals surface area contributed by atoms with Crippen LogP contribution in [-0.4, -0.2) is 41.2 Å². The normalized spacial score (nSPS) is 17.8. The van der Waals surface area contributed by atoms with E-state index >= 15 is 4.79 Å². The standard InChI is InChI=1S/C39H30N4O5/c1-4-48-37(45)32-34(24-13-7-5-8-14-24)42(25-19-21-27(47-3)22-20-25)38(46)39(32)30-23(2)41-43(26-15-9-6-10-16-26)36(30)40-33-28-17-11-12-18-29(28)35(44)31(33)39/h5-22,40H,4H2,1-3H3. The van der Waals surface area contributed by atoms with Crippen LogP contribution in [0.3, 0.4) is 0 Å². The zero-order valence-electron chi connectivity index (χ0n) is 26.5. The fourth-order valence-electron chi connectivity index (χ4n) is 7.29. The van der Waals surface area contributed by atoms with Gasteiger partial charge in [0, 0.05) is 28.0 Å². The molecule has 48 heavy (non-hydrogen) atoms. The molecule has 0 saturated heterocycles. The summed E-state index contributed by atoms with van der Waals surface area (Å²) < 4.78 is 13.0. The van der Waals surface area contributed by atoms with E-state index in [1.54, 1.807) is 62.0 Å². The Kier molecular flexibility index (Phi) is 6.66. The zero-order chi connectivity index (χ0) is 33.2. The van der Waals surface area contributed by atoms with Crippen LogP contribution in [0.2, 0.25) is 0 Å². The summed E-state index contributed by atoms with van der Waals surface area (Å²) in [6, 6.07) is 33.1. The van der Waals surface area contributed by atoms with Crippen molar-refractivity contribution in [3.05, 3.63) is 148 Å². The van der Waals surface area contributed by atoms with Gasteiger partial charge in [-0.1, -0.05) is 72.8 Å². The van der Waals surface area contributed by atoms with E-state index in [9.17, 15) is 9.59 Å². The van der Waals surface area contributed by atoms with Crippen LogP contribution in [0.4, 0.5) is 11.5 Å². The van der Waals surface area contributed by atoms with Gasteiger partial charge < -0.3 is 14.8 Å². The Hall–Kier alpha value is -6.22. The lowest BCUT2D eigenvalue weighted by atomic mass is 9.65. The molecule has 1 aliphatic carbocycles. The summed E-state index contributed by atoms with van der Waals surface area (Å²) in [6.45, 7) is 3.58. The van der Waals surface area contributed by atoms with E-state index in [4.69, 9.17) is 14.6 Å². The molecule has 1 N–H and O–H groups in total. The van der Waals surface area contributed by atoms with Gasteiger partial charge in [0.2, 0.25) is 0 Å². The fraction of sp³-hybridized carbons (Fsp3) is 0.128. The van der Waals surface area contributed by atoms with Gasteiger partial charge in [-0.05, 0) is 55.8 Å². The molecular weight excluding hydrogens is 604 g/mol. The number of carbonyl (C=O) groups excluding carboxylic acids is 3. The topological polar surface area (TPSA) is 103 Å². The van der Waals surface area contributed by atoms with Crippen molar-refractivity contribution in [2.24, 2.45) is 0 Å². The number of aryl methyl sites for hydroxylation is 1. The molecule has 4 aromatic carbocycles. The number of hydrogen-bond acceptors (Lipinski definition) is 7. The monoisotopic (exact) mass is 634 g/mol. The maximum atomic E-state index is 15.8. The molecule has 0 fully saturated rings. The molecule has 9 heteroatoms. The largest absolute Gasteiger partial charge is 0.497 e. The number of rotatable bonds is 6. The van der Waals surface area contributed by atoms with Gasteiger partial charge in [0.15, 0.2) is 5.78 Å². The second-order valence-corrected chi connectivity index (χ2v) is 11.7. The Morgan fingerprint density at radius 2 is 1.48 bits per heavy atom. The molecule has 9 nitrogen and oxygen atoms in total. The number of nitrogens with one attached hydrogen (secondary N) is 1. The first-order valence-corrected chi connectivity index (χ1v) is 15.7. The number of carbonyl (C=O) groups is 3. The van der Waals surface area contributed by atoms with Gasteiger partial charge in [0.05, 0.1) is 42.1 Å². The van der Waals surface area contributed by atoms with Crippen LogP contribution < -0.4 is 15.0 Å². The van der Waals surface area contributed by atoms with E-state index in [0.29, 0.717) is 56.6 Å². The molecule has 5 aromatic rings. The second kappa shape index (κ2) is 10.9. The number of esters is 1. The number of ketones is 1. The Morgan fingerprint density at radius 3 is 2.15 bits per heavy atom. The van der Waals surface area contributed by atoms with Gasteiger partial charge in [0.25, 0.3) is 5.91 Å². The molecule has 236 valence electrons. The quantitative estimate of drug-likeness (QED) is 0.213. The molecule has 0 saturated carbocycles. The van der Waals surface area contributed by atoms with Crippen LogP contribution >= 0.6 is 0 Å². The molecule has 1 spiro atoms. The molecule has 0 bridgehead atoms. The van der Waals surface area contributed by atoms with Crippen molar-refractivity contribution in [1.82, 2.24) is 9.78 Å². The number of hydrogen-bond donors (Lipinski definition) is 1. The van der Waals surface area contributed by atoms with E-state index in [1.807, 2.05) is 72.8 Å². The van der Waals surface area contributed by atoms with E-state index < -0.39 is 17.3 Å². The van der Waals surface area contributed by atoms with Crippen LogP contribution in [0, 0.1) is 6.92 Å². The first-order chi connectivity index (χ1) is 23.4. The van der Waals surface area contributed by atoms with Crippen LogP contribution in [0.15, 0.2) is 120 Å². The maximum absolute atomic E-state index is 15.8. The number of amides is 1. The second-order valence-electron chi connectivity index (χ2n) is 11.7. The number of ether oxygens (including phenoxy) is 2. The summed E-state index contributed by atoms with van der Waals surface area (Å²) in [4.78, 5) is 46.7. The molecule has 1 unspecified atom stereocenters. The zero-order valence-corrected chi connectivity index (χ0v) is 26.5. The van der Waals surface area contributed by atoms with Crippen LogP contribution in [-0.2, 0) is 19.7 Å². The lowest BCUT2D eigenvalue weighted by Crippen LogP contribution is -2.48. The molecule has 1 aromatic heterocycles. The molecule has 3 aliphatic rings. The Labute approximate surface area is 276 Å². The fourth-order valence-corrected chi connectivity index (χ4v) is 7.29. The number of aromatic nitrogens is 2. The van der Waals surface area contributed by atoms with Crippen LogP contribution in [0.25, 0.3) is 17.1 Å². The first kappa shape index (κ1) is 29.2. The third-order valence-corrected chi connectivity index (χ3v) is 9.19. The summed E-state index contributed by atoms with van der Waals surface area (Å²) in [6.07, 6.45) is 0. The highest BCUT2D eigenvalue weighted by molar-refractivity contribution is 6.36. The minimum absolute atomic E-state index is 0.0588.